The lowest BCUT2D eigenvalue weighted by Gasteiger charge is -2.36. The molecule has 1 aliphatic heterocycles. The van der Waals surface area contributed by atoms with Gasteiger partial charge in [-0.05, 0) is 49.6 Å². The molecule has 0 radical (unpaired) electrons. The number of hydrogen-bond acceptors (Lipinski definition) is 3. The fourth-order valence-corrected chi connectivity index (χ4v) is 4.54. The molecule has 2 heterocycles. The van der Waals surface area contributed by atoms with Crippen LogP contribution in [0.25, 0.3) is 0 Å². The molecule has 0 bridgehead atoms. The van der Waals surface area contributed by atoms with Crippen molar-refractivity contribution < 1.29 is 4.79 Å². The van der Waals surface area contributed by atoms with Crippen molar-refractivity contribution in [3.8, 4) is 0 Å². The van der Waals surface area contributed by atoms with Gasteiger partial charge in [0.15, 0.2) is 0 Å². The molecule has 3 nitrogen and oxygen atoms in total. The zero-order chi connectivity index (χ0) is 18.5. The summed E-state index contributed by atoms with van der Waals surface area (Å²) in [6, 6.07) is 24.1. The molecule has 4 rings (SSSR count). The predicted octanol–water partition coefficient (Wildman–Crippen LogP) is 5.60. The molecule has 1 saturated heterocycles. The highest BCUT2D eigenvalue weighted by molar-refractivity contribution is 7.99. The lowest BCUT2D eigenvalue weighted by atomic mass is 9.95. The number of carbonyl (C=O) groups is 1. The maximum Gasteiger partial charge on any atom is 0.254 e. The summed E-state index contributed by atoms with van der Waals surface area (Å²) in [5.74, 6) is 0.111. The van der Waals surface area contributed by atoms with Gasteiger partial charge >= 0.3 is 0 Å². The Balaban J connectivity index is 1.65. The quantitative estimate of drug-likeness (QED) is 0.596. The van der Waals surface area contributed by atoms with Crippen LogP contribution in [0.2, 0.25) is 0 Å². The molecule has 1 atom stereocenters. The Hall–Kier alpha value is -2.59. The van der Waals surface area contributed by atoms with Crippen LogP contribution in [0.1, 0.15) is 41.2 Å². The molecule has 0 N–H and O–H groups in total. The standard InChI is InChI=1S/C23H22N2OS/c26-23(18-10-3-1-4-11-18)25-17-8-7-15-21(25)20-14-9-16-24-22(20)27-19-12-5-2-6-13-19/h1-6,9-14,16,21H,7-8,15,17H2/t21-/m0/s1. The van der Waals surface area contributed by atoms with Gasteiger partial charge in [-0.3, -0.25) is 4.79 Å². The van der Waals surface area contributed by atoms with Crippen LogP contribution in [-0.2, 0) is 0 Å². The minimum Gasteiger partial charge on any atom is -0.332 e. The van der Waals surface area contributed by atoms with Crippen LogP contribution in [0.5, 0.6) is 0 Å². The Morgan fingerprint density at radius 2 is 1.67 bits per heavy atom. The molecule has 1 aromatic heterocycles. The average molecular weight is 375 g/mol. The van der Waals surface area contributed by atoms with Crippen molar-refractivity contribution in [3.63, 3.8) is 0 Å². The average Bonchev–Trinajstić information content (AvgIpc) is 2.75. The van der Waals surface area contributed by atoms with E-state index in [2.05, 4.69) is 23.2 Å². The van der Waals surface area contributed by atoms with Crippen molar-refractivity contribution in [2.45, 2.75) is 35.2 Å². The molecule has 3 aromatic rings. The second-order valence-corrected chi connectivity index (χ2v) is 7.75. The van der Waals surface area contributed by atoms with Crippen LogP contribution in [0, 0.1) is 0 Å². The number of piperidine rings is 1. The fourth-order valence-electron chi connectivity index (χ4n) is 3.59. The van der Waals surface area contributed by atoms with E-state index < -0.39 is 0 Å². The molecule has 27 heavy (non-hydrogen) atoms. The highest BCUT2D eigenvalue weighted by atomic mass is 32.2. The second-order valence-electron chi connectivity index (χ2n) is 6.69. The van der Waals surface area contributed by atoms with Crippen molar-refractivity contribution in [1.29, 1.82) is 0 Å². The number of hydrogen-bond donors (Lipinski definition) is 0. The van der Waals surface area contributed by atoms with Gasteiger partial charge in [0.05, 0.1) is 6.04 Å². The van der Waals surface area contributed by atoms with Crippen molar-refractivity contribution >= 4 is 17.7 Å². The van der Waals surface area contributed by atoms with Gasteiger partial charge in [-0.25, -0.2) is 4.98 Å². The normalized spacial score (nSPS) is 16.9. The van der Waals surface area contributed by atoms with E-state index in [1.807, 2.05) is 65.7 Å². The molecule has 1 aliphatic rings. The molecular weight excluding hydrogens is 352 g/mol. The van der Waals surface area contributed by atoms with E-state index in [0.29, 0.717) is 0 Å². The Morgan fingerprint density at radius 3 is 2.44 bits per heavy atom. The van der Waals surface area contributed by atoms with E-state index >= 15 is 0 Å². The monoisotopic (exact) mass is 374 g/mol. The number of carbonyl (C=O) groups excluding carboxylic acids is 1. The van der Waals surface area contributed by atoms with Gasteiger partial charge < -0.3 is 4.90 Å². The first kappa shape index (κ1) is 17.8. The van der Waals surface area contributed by atoms with Gasteiger partial charge in [-0.1, -0.05) is 54.2 Å². The number of nitrogens with zero attached hydrogens (tertiary/aromatic N) is 2. The van der Waals surface area contributed by atoms with Crippen LogP contribution in [0.3, 0.4) is 0 Å². The van der Waals surface area contributed by atoms with Gasteiger partial charge in [0.25, 0.3) is 5.91 Å². The SMILES string of the molecule is O=C(c1ccccc1)N1CCCC[C@H]1c1cccnc1Sc1ccccc1. The third-order valence-corrected chi connectivity index (χ3v) is 5.94. The van der Waals surface area contributed by atoms with E-state index in [1.54, 1.807) is 11.8 Å². The minimum absolute atomic E-state index is 0.0753. The summed E-state index contributed by atoms with van der Waals surface area (Å²) < 4.78 is 0. The zero-order valence-electron chi connectivity index (χ0n) is 15.1. The van der Waals surface area contributed by atoms with E-state index in [1.165, 1.54) is 0 Å². The largest absolute Gasteiger partial charge is 0.332 e. The Labute approximate surface area is 164 Å². The number of pyridine rings is 1. The molecule has 0 aliphatic carbocycles. The molecule has 0 unspecified atom stereocenters. The van der Waals surface area contributed by atoms with Crippen molar-refractivity contribution in [3.05, 3.63) is 90.1 Å². The third kappa shape index (κ3) is 4.06. The summed E-state index contributed by atoms with van der Waals surface area (Å²) in [6.45, 7) is 0.794. The summed E-state index contributed by atoms with van der Waals surface area (Å²) >= 11 is 1.67. The van der Waals surface area contributed by atoms with Gasteiger partial charge in [-0.15, -0.1) is 0 Å². The van der Waals surface area contributed by atoms with Crippen LogP contribution in [-0.4, -0.2) is 22.3 Å². The van der Waals surface area contributed by atoms with E-state index in [0.717, 1.165) is 46.9 Å². The molecule has 1 fully saturated rings. The number of aromatic nitrogens is 1. The topological polar surface area (TPSA) is 33.2 Å². The summed E-state index contributed by atoms with van der Waals surface area (Å²) in [7, 11) is 0. The smallest absolute Gasteiger partial charge is 0.254 e. The first-order chi connectivity index (χ1) is 13.3. The lowest BCUT2D eigenvalue weighted by Crippen LogP contribution is -2.38. The van der Waals surface area contributed by atoms with Crippen LogP contribution >= 0.6 is 11.8 Å². The van der Waals surface area contributed by atoms with Gasteiger partial charge in [-0.2, -0.15) is 0 Å². The number of rotatable bonds is 4. The summed E-state index contributed by atoms with van der Waals surface area (Å²) in [5, 5.41) is 0.987. The molecule has 1 amide bonds. The fraction of sp³-hybridized carbons (Fsp3) is 0.217. The summed E-state index contributed by atoms with van der Waals surface area (Å²) in [4.78, 5) is 21.0. The molecule has 0 spiro atoms. The first-order valence-electron chi connectivity index (χ1n) is 9.37. The number of amides is 1. The Bertz CT molecular complexity index is 899. The van der Waals surface area contributed by atoms with Crippen LogP contribution in [0.4, 0.5) is 0 Å². The Kier molecular flexibility index (Phi) is 5.54. The first-order valence-corrected chi connectivity index (χ1v) is 10.2. The summed E-state index contributed by atoms with van der Waals surface area (Å²) in [5.41, 5.74) is 1.90. The minimum atomic E-state index is 0.0753. The van der Waals surface area contributed by atoms with Crippen molar-refractivity contribution in [2.24, 2.45) is 0 Å². The second kappa shape index (κ2) is 8.40. The van der Waals surface area contributed by atoms with E-state index in [9.17, 15) is 4.79 Å². The maximum atomic E-state index is 13.2. The van der Waals surface area contributed by atoms with Gasteiger partial charge in [0.1, 0.15) is 5.03 Å². The maximum absolute atomic E-state index is 13.2. The molecule has 136 valence electrons. The lowest BCUT2D eigenvalue weighted by molar-refractivity contribution is 0.0607. The molecular formula is C23H22N2OS. The van der Waals surface area contributed by atoms with Crippen molar-refractivity contribution in [2.75, 3.05) is 6.54 Å². The van der Waals surface area contributed by atoms with Crippen molar-refractivity contribution in [1.82, 2.24) is 9.88 Å². The summed E-state index contributed by atoms with van der Waals surface area (Å²) in [6.07, 6.45) is 5.00. The number of likely N-dealkylation sites (tertiary alicyclic amines) is 1. The van der Waals surface area contributed by atoms with Gasteiger partial charge in [0, 0.05) is 28.8 Å². The van der Waals surface area contributed by atoms with Crippen LogP contribution in [0.15, 0.2) is 88.9 Å². The molecule has 0 saturated carbocycles. The number of benzene rings is 2. The third-order valence-electron chi connectivity index (χ3n) is 4.90. The molecule has 2 aromatic carbocycles. The Morgan fingerprint density at radius 1 is 0.926 bits per heavy atom. The molecule has 4 heteroatoms. The highest BCUT2D eigenvalue weighted by Gasteiger charge is 2.30. The highest BCUT2D eigenvalue weighted by Crippen LogP contribution is 2.38. The van der Waals surface area contributed by atoms with Gasteiger partial charge in [0.2, 0.25) is 0 Å². The van der Waals surface area contributed by atoms with Crippen LogP contribution < -0.4 is 0 Å². The zero-order valence-corrected chi connectivity index (χ0v) is 15.9. The van der Waals surface area contributed by atoms with E-state index in [-0.39, 0.29) is 11.9 Å². The van der Waals surface area contributed by atoms with E-state index in [4.69, 9.17) is 0 Å². The predicted molar refractivity (Wildman–Crippen MR) is 109 cm³/mol.